The van der Waals surface area contributed by atoms with E-state index >= 15 is 0 Å². The fourth-order valence-electron chi connectivity index (χ4n) is 3.64. The zero-order valence-corrected chi connectivity index (χ0v) is 14.5. The van der Waals surface area contributed by atoms with Gasteiger partial charge >= 0.3 is 0 Å². The molecule has 0 spiro atoms. The molecule has 0 unspecified atom stereocenters. The second-order valence-corrected chi connectivity index (χ2v) is 6.62. The van der Waals surface area contributed by atoms with Crippen LogP contribution in [-0.4, -0.2) is 46.5 Å². The van der Waals surface area contributed by atoms with Gasteiger partial charge in [-0.25, -0.2) is 9.88 Å². The lowest BCUT2D eigenvalue weighted by atomic mass is 10.0. The van der Waals surface area contributed by atoms with Gasteiger partial charge in [0, 0.05) is 48.3 Å². The van der Waals surface area contributed by atoms with Gasteiger partial charge in [0.1, 0.15) is 0 Å². The number of likely N-dealkylation sites (tertiary alicyclic amines) is 1. The van der Waals surface area contributed by atoms with Crippen LogP contribution >= 0.6 is 0 Å². The topological polar surface area (TPSA) is 64.3 Å². The van der Waals surface area contributed by atoms with Gasteiger partial charge in [0.05, 0.1) is 5.69 Å². The quantitative estimate of drug-likeness (QED) is 0.842. The molecule has 0 radical (unpaired) electrons. The molecule has 1 aromatic heterocycles. The van der Waals surface area contributed by atoms with E-state index in [1.165, 1.54) is 0 Å². The van der Waals surface area contributed by atoms with Crippen molar-refractivity contribution in [3.63, 3.8) is 0 Å². The second kappa shape index (κ2) is 6.37. The SMILES string of the molecule is C=C1C(=O)N(c2ncc[nH]2)c2ccc(NC3CCN(CC)CC3)cc21. The third-order valence-corrected chi connectivity index (χ3v) is 5.12. The lowest BCUT2D eigenvalue weighted by Crippen LogP contribution is -2.38. The number of imidazole rings is 1. The van der Waals surface area contributed by atoms with Crippen LogP contribution in [0.5, 0.6) is 0 Å². The standard InChI is InChI=1S/C19H23N5O/c1-3-23-10-6-14(7-11-23)22-15-4-5-17-16(12-15)13(2)18(25)24(17)19-20-8-9-21-19/h4-5,8-9,12,14,22H,2-3,6-7,10-11H2,1H3,(H,20,21). The smallest absolute Gasteiger partial charge is 0.265 e. The number of hydrogen-bond acceptors (Lipinski definition) is 4. The van der Waals surface area contributed by atoms with Crippen LogP contribution in [0.15, 0.2) is 37.2 Å². The summed E-state index contributed by atoms with van der Waals surface area (Å²) < 4.78 is 0. The molecule has 0 bridgehead atoms. The van der Waals surface area contributed by atoms with Crippen molar-refractivity contribution in [1.82, 2.24) is 14.9 Å². The highest BCUT2D eigenvalue weighted by atomic mass is 16.2. The van der Waals surface area contributed by atoms with Crippen LogP contribution in [0.4, 0.5) is 17.3 Å². The molecule has 1 saturated heterocycles. The van der Waals surface area contributed by atoms with Gasteiger partial charge in [-0.05, 0) is 37.6 Å². The average molecular weight is 337 g/mol. The summed E-state index contributed by atoms with van der Waals surface area (Å²) in [6.07, 6.45) is 5.64. The number of anilines is 3. The zero-order valence-electron chi connectivity index (χ0n) is 14.5. The van der Waals surface area contributed by atoms with Crippen LogP contribution in [0.3, 0.4) is 0 Å². The van der Waals surface area contributed by atoms with Crippen molar-refractivity contribution < 1.29 is 4.79 Å². The first kappa shape index (κ1) is 15.9. The fraction of sp³-hybridized carbons (Fsp3) is 0.368. The molecule has 2 N–H and O–H groups in total. The Balaban J connectivity index is 1.55. The number of piperidine rings is 1. The minimum atomic E-state index is -0.127. The van der Waals surface area contributed by atoms with Crippen molar-refractivity contribution >= 4 is 28.8 Å². The van der Waals surface area contributed by atoms with Crippen molar-refractivity contribution in [2.75, 3.05) is 29.9 Å². The molecule has 130 valence electrons. The highest BCUT2D eigenvalue weighted by molar-refractivity contribution is 6.34. The number of rotatable bonds is 4. The zero-order chi connectivity index (χ0) is 17.4. The first-order valence-corrected chi connectivity index (χ1v) is 8.83. The summed E-state index contributed by atoms with van der Waals surface area (Å²) in [5.41, 5.74) is 3.26. The number of aromatic nitrogens is 2. The molecule has 2 aliphatic rings. The van der Waals surface area contributed by atoms with Crippen molar-refractivity contribution in [2.24, 2.45) is 0 Å². The third-order valence-electron chi connectivity index (χ3n) is 5.12. The van der Waals surface area contributed by atoms with E-state index in [-0.39, 0.29) is 5.91 Å². The Kier molecular flexibility index (Phi) is 4.05. The van der Waals surface area contributed by atoms with Crippen LogP contribution < -0.4 is 10.2 Å². The lowest BCUT2D eigenvalue weighted by molar-refractivity contribution is -0.112. The summed E-state index contributed by atoms with van der Waals surface area (Å²) in [7, 11) is 0. The number of carbonyl (C=O) groups is 1. The molecule has 2 aliphatic heterocycles. The molecule has 0 saturated carbocycles. The maximum Gasteiger partial charge on any atom is 0.265 e. The molecule has 25 heavy (non-hydrogen) atoms. The number of carbonyl (C=O) groups excluding carboxylic acids is 1. The van der Waals surface area contributed by atoms with Gasteiger partial charge in [0.2, 0.25) is 5.95 Å². The summed E-state index contributed by atoms with van der Waals surface area (Å²) >= 11 is 0. The molecule has 6 heteroatoms. The predicted molar refractivity (Wildman–Crippen MR) is 100.0 cm³/mol. The van der Waals surface area contributed by atoms with E-state index in [1.54, 1.807) is 17.3 Å². The molecular weight excluding hydrogens is 314 g/mol. The number of benzene rings is 1. The largest absolute Gasteiger partial charge is 0.382 e. The van der Waals surface area contributed by atoms with Gasteiger partial charge in [0.15, 0.2) is 0 Å². The molecule has 4 rings (SSSR count). The maximum atomic E-state index is 12.6. The summed E-state index contributed by atoms with van der Waals surface area (Å²) in [6, 6.07) is 6.52. The maximum absolute atomic E-state index is 12.6. The number of amides is 1. The van der Waals surface area contributed by atoms with E-state index in [4.69, 9.17) is 0 Å². The monoisotopic (exact) mass is 337 g/mol. The van der Waals surface area contributed by atoms with Gasteiger partial charge < -0.3 is 15.2 Å². The molecule has 6 nitrogen and oxygen atoms in total. The van der Waals surface area contributed by atoms with E-state index in [2.05, 4.69) is 33.7 Å². The van der Waals surface area contributed by atoms with E-state index in [1.807, 2.05) is 18.2 Å². The normalized spacial score (nSPS) is 18.7. The molecule has 0 atom stereocenters. The van der Waals surface area contributed by atoms with Crippen LogP contribution in [0.1, 0.15) is 25.3 Å². The Morgan fingerprint density at radius 1 is 1.36 bits per heavy atom. The van der Waals surface area contributed by atoms with Gasteiger partial charge in [-0.2, -0.15) is 0 Å². The molecule has 3 heterocycles. The van der Waals surface area contributed by atoms with Crippen LogP contribution in [0.2, 0.25) is 0 Å². The Labute approximate surface area is 147 Å². The van der Waals surface area contributed by atoms with Gasteiger partial charge in [0.25, 0.3) is 5.91 Å². The lowest BCUT2D eigenvalue weighted by Gasteiger charge is -2.32. The second-order valence-electron chi connectivity index (χ2n) is 6.62. The summed E-state index contributed by atoms with van der Waals surface area (Å²) in [5.74, 6) is 0.399. The fourth-order valence-corrected chi connectivity index (χ4v) is 3.64. The number of nitrogens with one attached hydrogen (secondary N) is 2. The summed E-state index contributed by atoms with van der Waals surface area (Å²) in [4.78, 5) is 23.8. The third kappa shape index (κ3) is 2.82. The molecule has 0 aliphatic carbocycles. The minimum absolute atomic E-state index is 0.127. The minimum Gasteiger partial charge on any atom is -0.382 e. The van der Waals surface area contributed by atoms with Crippen molar-refractivity contribution in [3.05, 3.63) is 42.7 Å². The first-order valence-electron chi connectivity index (χ1n) is 8.83. The van der Waals surface area contributed by atoms with Gasteiger partial charge in [-0.15, -0.1) is 0 Å². The van der Waals surface area contributed by atoms with Crippen molar-refractivity contribution in [2.45, 2.75) is 25.8 Å². The van der Waals surface area contributed by atoms with E-state index in [0.29, 0.717) is 17.6 Å². The molecule has 1 aromatic carbocycles. The predicted octanol–water partition coefficient (Wildman–Crippen LogP) is 3.00. The number of aromatic amines is 1. The van der Waals surface area contributed by atoms with Crippen molar-refractivity contribution in [1.29, 1.82) is 0 Å². The molecular formula is C19H23N5O. The van der Waals surface area contributed by atoms with Crippen LogP contribution in [0.25, 0.3) is 5.57 Å². The molecule has 1 fully saturated rings. The Bertz CT molecular complexity index is 790. The van der Waals surface area contributed by atoms with Crippen LogP contribution in [0, 0.1) is 0 Å². The number of H-pyrrole nitrogens is 1. The van der Waals surface area contributed by atoms with Gasteiger partial charge in [-0.3, -0.25) is 4.79 Å². The Hall–Kier alpha value is -2.60. The number of fused-ring (bicyclic) bond motifs is 1. The van der Waals surface area contributed by atoms with E-state index < -0.39 is 0 Å². The van der Waals surface area contributed by atoms with Crippen LogP contribution in [-0.2, 0) is 4.79 Å². The summed E-state index contributed by atoms with van der Waals surface area (Å²) in [6.45, 7) is 9.58. The van der Waals surface area contributed by atoms with E-state index in [0.717, 1.165) is 49.4 Å². The first-order chi connectivity index (χ1) is 12.2. The van der Waals surface area contributed by atoms with Crippen molar-refractivity contribution in [3.8, 4) is 0 Å². The Morgan fingerprint density at radius 2 is 2.16 bits per heavy atom. The summed E-state index contributed by atoms with van der Waals surface area (Å²) in [5, 5.41) is 3.62. The number of hydrogen-bond donors (Lipinski definition) is 2. The molecule has 2 aromatic rings. The highest BCUT2D eigenvalue weighted by Crippen LogP contribution is 2.40. The van der Waals surface area contributed by atoms with Gasteiger partial charge in [-0.1, -0.05) is 13.5 Å². The Morgan fingerprint density at radius 3 is 2.84 bits per heavy atom. The number of nitrogens with zero attached hydrogens (tertiary/aromatic N) is 3. The molecule has 1 amide bonds. The average Bonchev–Trinajstić information content (AvgIpc) is 3.24. The highest BCUT2D eigenvalue weighted by Gasteiger charge is 2.34. The van der Waals surface area contributed by atoms with E-state index in [9.17, 15) is 4.79 Å².